The van der Waals surface area contributed by atoms with E-state index in [1.165, 1.54) is 12.1 Å². The summed E-state index contributed by atoms with van der Waals surface area (Å²) in [6.07, 6.45) is -0.631. The molecule has 3 unspecified atom stereocenters. The van der Waals surface area contributed by atoms with E-state index in [0.29, 0.717) is 0 Å². The van der Waals surface area contributed by atoms with Gasteiger partial charge in [0.15, 0.2) is 0 Å². The molecule has 0 radical (unpaired) electrons. The highest BCUT2D eigenvalue weighted by Gasteiger charge is 2.18. The minimum Gasteiger partial charge on any atom is -0.497 e. The Morgan fingerprint density at radius 1 is 0.955 bits per heavy atom. The van der Waals surface area contributed by atoms with Gasteiger partial charge in [-0.25, -0.2) is 4.39 Å². The molecule has 2 N–H and O–H groups in total. The molecule has 0 spiro atoms. The van der Waals surface area contributed by atoms with Gasteiger partial charge >= 0.3 is 0 Å². The third-order valence-corrected chi connectivity index (χ3v) is 3.81. The van der Waals surface area contributed by atoms with Crippen molar-refractivity contribution in [2.75, 3.05) is 7.11 Å². The lowest BCUT2D eigenvalue weighted by atomic mass is 10.0. The first-order valence-electron chi connectivity index (χ1n) is 7.35. The van der Waals surface area contributed by atoms with Crippen LogP contribution < -0.4 is 10.1 Å². The molecule has 0 aliphatic carbocycles. The van der Waals surface area contributed by atoms with Crippen molar-refractivity contribution in [1.29, 1.82) is 0 Å². The van der Waals surface area contributed by atoms with Gasteiger partial charge < -0.3 is 15.2 Å². The molecule has 0 heterocycles. The van der Waals surface area contributed by atoms with Gasteiger partial charge in [-0.2, -0.15) is 0 Å². The Morgan fingerprint density at radius 2 is 1.50 bits per heavy atom. The van der Waals surface area contributed by atoms with E-state index in [2.05, 4.69) is 5.32 Å². The van der Waals surface area contributed by atoms with Crippen LogP contribution in [0.15, 0.2) is 48.5 Å². The van der Waals surface area contributed by atoms with E-state index >= 15 is 0 Å². The smallest absolute Gasteiger partial charge is 0.123 e. The summed E-state index contributed by atoms with van der Waals surface area (Å²) in [6, 6.07) is 13.6. The van der Waals surface area contributed by atoms with Crippen LogP contribution in [0.3, 0.4) is 0 Å². The highest BCUT2D eigenvalue weighted by molar-refractivity contribution is 5.29. The highest BCUT2D eigenvalue weighted by atomic mass is 19.1. The van der Waals surface area contributed by atoms with E-state index in [9.17, 15) is 9.50 Å². The zero-order valence-corrected chi connectivity index (χ0v) is 13.1. The molecule has 2 rings (SSSR count). The van der Waals surface area contributed by atoms with Crippen LogP contribution >= 0.6 is 0 Å². The van der Waals surface area contributed by atoms with Crippen molar-refractivity contribution in [3.05, 3.63) is 65.5 Å². The normalized spacial score (nSPS) is 15.1. The molecule has 2 aromatic carbocycles. The number of rotatable bonds is 6. The summed E-state index contributed by atoms with van der Waals surface area (Å²) in [4.78, 5) is 0. The van der Waals surface area contributed by atoms with Crippen molar-refractivity contribution in [2.45, 2.75) is 32.0 Å². The third kappa shape index (κ3) is 4.06. The minimum atomic E-state index is -0.631. The fraction of sp³-hybridized carbons (Fsp3) is 0.333. The first-order valence-corrected chi connectivity index (χ1v) is 7.35. The van der Waals surface area contributed by atoms with E-state index in [4.69, 9.17) is 4.74 Å². The molecule has 0 aliphatic heterocycles. The third-order valence-electron chi connectivity index (χ3n) is 3.81. The SMILES string of the molecule is COc1ccc(C(O)C(C)NC(C)c2ccc(F)cc2)cc1. The predicted octanol–water partition coefficient (Wildman–Crippen LogP) is 3.61. The van der Waals surface area contributed by atoms with Crippen LogP contribution in [0, 0.1) is 5.82 Å². The molecule has 118 valence electrons. The summed E-state index contributed by atoms with van der Waals surface area (Å²) in [6.45, 7) is 3.92. The standard InChI is InChI=1S/C18H22FNO2/c1-12(14-4-8-16(19)9-5-14)20-13(2)18(21)15-6-10-17(22-3)11-7-15/h4-13,18,20-21H,1-3H3. The lowest BCUT2D eigenvalue weighted by molar-refractivity contribution is 0.130. The van der Waals surface area contributed by atoms with Crippen molar-refractivity contribution in [3.63, 3.8) is 0 Å². The average molecular weight is 303 g/mol. The zero-order chi connectivity index (χ0) is 16.1. The fourth-order valence-corrected chi connectivity index (χ4v) is 2.42. The second kappa shape index (κ2) is 7.38. The Bertz CT molecular complexity index is 583. The maximum Gasteiger partial charge on any atom is 0.123 e. The van der Waals surface area contributed by atoms with Crippen LogP contribution in [0.1, 0.15) is 37.1 Å². The van der Waals surface area contributed by atoms with E-state index in [0.717, 1.165) is 16.9 Å². The summed E-state index contributed by atoms with van der Waals surface area (Å²) >= 11 is 0. The molecule has 2 aromatic rings. The molecule has 0 saturated heterocycles. The zero-order valence-electron chi connectivity index (χ0n) is 13.1. The summed E-state index contributed by atoms with van der Waals surface area (Å²) < 4.78 is 18.1. The molecule has 4 heteroatoms. The Morgan fingerprint density at radius 3 is 2.05 bits per heavy atom. The Hall–Kier alpha value is -1.91. The van der Waals surface area contributed by atoms with Crippen molar-refractivity contribution >= 4 is 0 Å². The molecule has 0 aromatic heterocycles. The van der Waals surface area contributed by atoms with Gasteiger partial charge in [-0.05, 0) is 49.2 Å². The summed E-state index contributed by atoms with van der Waals surface area (Å²) in [5.41, 5.74) is 1.81. The van der Waals surface area contributed by atoms with Gasteiger partial charge in [0.05, 0.1) is 13.2 Å². The van der Waals surface area contributed by atoms with Gasteiger partial charge in [0.2, 0.25) is 0 Å². The van der Waals surface area contributed by atoms with Crippen LogP contribution in [-0.2, 0) is 0 Å². The van der Waals surface area contributed by atoms with E-state index in [1.807, 2.05) is 38.1 Å². The lowest BCUT2D eigenvalue weighted by Gasteiger charge is -2.25. The van der Waals surface area contributed by atoms with Crippen LogP contribution in [0.4, 0.5) is 4.39 Å². The highest BCUT2D eigenvalue weighted by Crippen LogP contribution is 2.22. The number of hydrogen-bond acceptors (Lipinski definition) is 3. The maximum atomic E-state index is 13.0. The Balaban J connectivity index is 2.00. The first kappa shape index (κ1) is 16.5. The van der Waals surface area contributed by atoms with Crippen LogP contribution in [0.25, 0.3) is 0 Å². The second-order valence-electron chi connectivity index (χ2n) is 5.45. The molecular formula is C18H22FNO2. The van der Waals surface area contributed by atoms with Gasteiger partial charge in [-0.1, -0.05) is 24.3 Å². The van der Waals surface area contributed by atoms with Gasteiger partial charge in [-0.15, -0.1) is 0 Å². The van der Waals surface area contributed by atoms with Crippen LogP contribution in [-0.4, -0.2) is 18.3 Å². The molecule has 0 amide bonds. The van der Waals surface area contributed by atoms with Crippen molar-refractivity contribution in [2.24, 2.45) is 0 Å². The second-order valence-corrected chi connectivity index (χ2v) is 5.45. The van der Waals surface area contributed by atoms with Crippen molar-refractivity contribution in [3.8, 4) is 5.75 Å². The van der Waals surface area contributed by atoms with Gasteiger partial charge in [-0.3, -0.25) is 0 Å². The van der Waals surface area contributed by atoms with Crippen molar-refractivity contribution < 1.29 is 14.2 Å². The average Bonchev–Trinajstić information content (AvgIpc) is 2.54. The number of aliphatic hydroxyl groups excluding tert-OH is 1. The lowest BCUT2D eigenvalue weighted by Crippen LogP contribution is -2.34. The largest absolute Gasteiger partial charge is 0.497 e. The van der Waals surface area contributed by atoms with E-state index in [1.54, 1.807) is 19.2 Å². The molecule has 0 fully saturated rings. The molecule has 0 aliphatic rings. The maximum absolute atomic E-state index is 13.0. The molecule has 3 atom stereocenters. The molecular weight excluding hydrogens is 281 g/mol. The summed E-state index contributed by atoms with van der Waals surface area (Å²) in [5.74, 6) is 0.513. The van der Waals surface area contributed by atoms with Crippen LogP contribution in [0.2, 0.25) is 0 Å². The number of ether oxygens (including phenoxy) is 1. The van der Waals surface area contributed by atoms with Gasteiger partial charge in [0.25, 0.3) is 0 Å². The van der Waals surface area contributed by atoms with Gasteiger partial charge in [0, 0.05) is 12.1 Å². The number of aliphatic hydroxyl groups is 1. The summed E-state index contributed by atoms with van der Waals surface area (Å²) in [7, 11) is 1.61. The Labute approximate surface area is 130 Å². The number of methoxy groups -OCH3 is 1. The van der Waals surface area contributed by atoms with Crippen LogP contribution in [0.5, 0.6) is 5.75 Å². The molecule has 0 saturated carbocycles. The minimum absolute atomic E-state index is 0.0171. The van der Waals surface area contributed by atoms with Crippen molar-refractivity contribution in [1.82, 2.24) is 5.32 Å². The molecule has 0 bridgehead atoms. The molecule has 3 nitrogen and oxygen atoms in total. The quantitative estimate of drug-likeness (QED) is 0.856. The monoisotopic (exact) mass is 303 g/mol. The molecule has 22 heavy (non-hydrogen) atoms. The topological polar surface area (TPSA) is 41.5 Å². The predicted molar refractivity (Wildman–Crippen MR) is 85.4 cm³/mol. The van der Waals surface area contributed by atoms with E-state index < -0.39 is 6.10 Å². The number of benzene rings is 2. The van der Waals surface area contributed by atoms with E-state index in [-0.39, 0.29) is 17.9 Å². The first-order chi connectivity index (χ1) is 10.5. The number of nitrogens with one attached hydrogen (secondary N) is 1. The fourth-order valence-electron chi connectivity index (χ4n) is 2.42. The Kier molecular flexibility index (Phi) is 5.52. The summed E-state index contributed by atoms with van der Waals surface area (Å²) in [5, 5.41) is 13.8. The number of halogens is 1. The van der Waals surface area contributed by atoms with Gasteiger partial charge in [0.1, 0.15) is 11.6 Å². The number of hydrogen-bond donors (Lipinski definition) is 2.